The highest BCUT2D eigenvalue weighted by Gasteiger charge is 2.24. The van der Waals surface area contributed by atoms with E-state index in [4.69, 9.17) is 0 Å². The van der Waals surface area contributed by atoms with Crippen LogP contribution in [0.4, 0.5) is 0 Å². The van der Waals surface area contributed by atoms with Gasteiger partial charge in [-0.15, -0.1) is 11.8 Å². The third-order valence-electron chi connectivity index (χ3n) is 4.37. The van der Waals surface area contributed by atoms with Gasteiger partial charge in [-0.3, -0.25) is 4.79 Å². The van der Waals surface area contributed by atoms with Gasteiger partial charge in [-0.05, 0) is 50.2 Å². The van der Waals surface area contributed by atoms with Crippen molar-refractivity contribution in [2.45, 2.75) is 50.5 Å². The fourth-order valence-corrected chi connectivity index (χ4v) is 3.75. The number of hydrogen-bond donors (Lipinski definition) is 0. The molecule has 0 unspecified atom stereocenters. The monoisotopic (exact) mass is 291 g/mol. The summed E-state index contributed by atoms with van der Waals surface area (Å²) in [6.07, 6.45) is 4.84. The number of carbonyl (C=O) groups excluding carboxylic acids is 1. The van der Waals surface area contributed by atoms with Crippen LogP contribution in [0, 0.1) is 12.8 Å². The molecule has 0 saturated heterocycles. The molecule has 1 aromatic rings. The van der Waals surface area contributed by atoms with Gasteiger partial charge in [-0.1, -0.05) is 25.1 Å². The van der Waals surface area contributed by atoms with Crippen molar-refractivity contribution < 1.29 is 4.79 Å². The smallest absolute Gasteiger partial charge is 0.232 e. The minimum absolute atomic E-state index is 0.262. The van der Waals surface area contributed by atoms with Gasteiger partial charge in [0, 0.05) is 18.0 Å². The quantitative estimate of drug-likeness (QED) is 0.778. The zero-order chi connectivity index (χ0) is 14.5. The third kappa shape index (κ3) is 4.02. The third-order valence-corrected chi connectivity index (χ3v) is 5.53. The average Bonchev–Trinajstić information content (AvgIpc) is 2.46. The fourth-order valence-electron chi connectivity index (χ4n) is 2.79. The molecule has 3 heteroatoms. The molecule has 1 saturated carbocycles. The lowest BCUT2D eigenvalue weighted by atomic mass is 9.87. The van der Waals surface area contributed by atoms with Crippen LogP contribution in [0.15, 0.2) is 29.2 Å². The van der Waals surface area contributed by atoms with Gasteiger partial charge in [0.25, 0.3) is 0 Å². The molecule has 1 aliphatic rings. The Balaban J connectivity index is 1.84. The molecule has 110 valence electrons. The van der Waals surface area contributed by atoms with Crippen molar-refractivity contribution in [3.8, 4) is 0 Å². The number of hydrogen-bond acceptors (Lipinski definition) is 2. The normalized spacial score (nSPS) is 22.6. The van der Waals surface area contributed by atoms with Crippen molar-refractivity contribution >= 4 is 17.7 Å². The topological polar surface area (TPSA) is 20.3 Å². The number of carbonyl (C=O) groups is 1. The summed E-state index contributed by atoms with van der Waals surface area (Å²) in [5.41, 5.74) is 1.25. The molecule has 0 bridgehead atoms. The minimum atomic E-state index is 0.262. The Morgan fingerprint density at radius 2 is 1.90 bits per heavy atom. The van der Waals surface area contributed by atoms with E-state index < -0.39 is 0 Å². The van der Waals surface area contributed by atoms with E-state index in [1.165, 1.54) is 36.1 Å². The van der Waals surface area contributed by atoms with Crippen molar-refractivity contribution in [3.63, 3.8) is 0 Å². The van der Waals surface area contributed by atoms with E-state index in [0.29, 0.717) is 11.8 Å². The molecule has 0 radical (unpaired) electrons. The number of nitrogens with zero attached hydrogens (tertiary/aromatic N) is 1. The number of rotatable bonds is 4. The molecule has 0 heterocycles. The summed E-state index contributed by atoms with van der Waals surface area (Å²) in [6.45, 7) is 4.41. The maximum Gasteiger partial charge on any atom is 0.232 e. The number of thioether (sulfide) groups is 1. The molecule has 0 aromatic heterocycles. The Hall–Kier alpha value is -0.960. The molecule has 0 aliphatic heterocycles. The van der Waals surface area contributed by atoms with Crippen molar-refractivity contribution in [3.05, 3.63) is 29.8 Å². The second-order valence-electron chi connectivity index (χ2n) is 5.97. The minimum Gasteiger partial charge on any atom is -0.342 e. The molecule has 2 rings (SSSR count). The van der Waals surface area contributed by atoms with Crippen molar-refractivity contribution in [2.75, 3.05) is 12.8 Å². The summed E-state index contributed by atoms with van der Waals surface area (Å²) >= 11 is 1.66. The van der Waals surface area contributed by atoms with Crippen LogP contribution in [0.2, 0.25) is 0 Å². The lowest BCUT2D eigenvalue weighted by Gasteiger charge is -2.33. The first-order chi connectivity index (χ1) is 9.58. The van der Waals surface area contributed by atoms with Crippen molar-refractivity contribution in [1.29, 1.82) is 0 Å². The standard InChI is InChI=1S/C17H25NOS/c1-13-8-10-15(11-9-13)18(3)17(19)12-20-16-7-5-4-6-14(16)2/h4-7,13,15H,8-12H2,1-3H3. The number of aryl methyl sites for hydroxylation is 1. The molecule has 2 nitrogen and oxygen atoms in total. The molecular formula is C17H25NOS. The first-order valence-electron chi connectivity index (χ1n) is 7.52. The zero-order valence-electron chi connectivity index (χ0n) is 12.8. The largest absolute Gasteiger partial charge is 0.342 e. The summed E-state index contributed by atoms with van der Waals surface area (Å²) in [4.78, 5) is 15.5. The van der Waals surface area contributed by atoms with E-state index in [1.807, 2.05) is 24.1 Å². The maximum atomic E-state index is 12.3. The zero-order valence-corrected chi connectivity index (χ0v) is 13.6. The first kappa shape index (κ1) is 15.4. The van der Waals surface area contributed by atoms with E-state index >= 15 is 0 Å². The molecule has 1 fully saturated rings. The lowest BCUT2D eigenvalue weighted by Crippen LogP contribution is -2.40. The fraction of sp³-hybridized carbons (Fsp3) is 0.588. The van der Waals surface area contributed by atoms with Crippen LogP contribution in [0.25, 0.3) is 0 Å². The molecule has 1 aromatic carbocycles. The van der Waals surface area contributed by atoms with Gasteiger partial charge in [0.1, 0.15) is 0 Å². The van der Waals surface area contributed by atoms with Crippen molar-refractivity contribution in [1.82, 2.24) is 4.90 Å². The van der Waals surface area contributed by atoms with Crippen LogP contribution >= 0.6 is 11.8 Å². The Morgan fingerprint density at radius 3 is 2.55 bits per heavy atom. The highest BCUT2D eigenvalue weighted by Crippen LogP contribution is 2.27. The van der Waals surface area contributed by atoms with Gasteiger partial charge >= 0.3 is 0 Å². The van der Waals surface area contributed by atoms with Crippen LogP contribution in [0.5, 0.6) is 0 Å². The van der Waals surface area contributed by atoms with Crippen LogP contribution in [0.1, 0.15) is 38.2 Å². The second-order valence-corrected chi connectivity index (χ2v) is 6.99. The lowest BCUT2D eigenvalue weighted by molar-refractivity contribution is -0.129. The summed E-state index contributed by atoms with van der Waals surface area (Å²) in [6, 6.07) is 8.72. The molecule has 0 atom stereocenters. The molecule has 20 heavy (non-hydrogen) atoms. The van der Waals surface area contributed by atoms with E-state index in [1.54, 1.807) is 11.8 Å². The Labute approximate surface area is 126 Å². The maximum absolute atomic E-state index is 12.3. The molecule has 1 amide bonds. The van der Waals surface area contributed by atoms with E-state index in [2.05, 4.69) is 26.0 Å². The van der Waals surface area contributed by atoms with Gasteiger partial charge in [0.15, 0.2) is 0 Å². The molecule has 0 N–H and O–H groups in total. The molecular weight excluding hydrogens is 266 g/mol. The van der Waals surface area contributed by atoms with Gasteiger partial charge in [-0.2, -0.15) is 0 Å². The van der Waals surface area contributed by atoms with Crippen LogP contribution < -0.4 is 0 Å². The van der Waals surface area contributed by atoms with Crippen LogP contribution in [-0.2, 0) is 4.79 Å². The summed E-state index contributed by atoms with van der Waals surface area (Å²) in [7, 11) is 1.97. The Kier molecular flexibility index (Phi) is 5.53. The summed E-state index contributed by atoms with van der Waals surface area (Å²) in [5, 5.41) is 0. The number of amides is 1. The predicted molar refractivity (Wildman–Crippen MR) is 86.1 cm³/mol. The van der Waals surface area contributed by atoms with Gasteiger partial charge in [-0.25, -0.2) is 0 Å². The first-order valence-corrected chi connectivity index (χ1v) is 8.50. The van der Waals surface area contributed by atoms with Gasteiger partial charge in [0.2, 0.25) is 5.91 Å². The summed E-state index contributed by atoms with van der Waals surface area (Å²) in [5.74, 6) is 1.64. The van der Waals surface area contributed by atoms with E-state index in [-0.39, 0.29) is 5.91 Å². The highest BCUT2D eigenvalue weighted by atomic mass is 32.2. The highest BCUT2D eigenvalue weighted by molar-refractivity contribution is 8.00. The van der Waals surface area contributed by atoms with Crippen LogP contribution in [0.3, 0.4) is 0 Å². The SMILES string of the molecule is Cc1ccccc1SCC(=O)N(C)C1CCC(C)CC1. The molecule has 1 aliphatic carbocycles. The van der Waals surface area contributed by atoms with E-state index in [9.17, 15) is 4.79 Å². The van der Waals surface area contributed by atoms with E-state index in [0.717, 1.165) is 5.92 Å². The summed E-state index contributed by atoms with van der Waals surface area (Å²) < 4.78 is 0. The molecule has 0 spiro atoms. The number of benzene rings is 1. The van der Waals surface area contributed by atoms with Gasteiger partial charge < -0.3 is 4.90 Å². The second kappa shape index (κ2) is 7.16. The Bertz CT molecular complexity index is 452. The van der Waals surface area contributed by atoms with Crippen molar-refractivity contribution in [2.24, 2.45) is 5.92 Å². The van der Waals surface area contributed by atoms with Crippen LogP contribution in [-0.4, -0.2) is 29.6 Å². The predicted octanol–water partition coefficient (Wildman–Crippen LogP) is 4.12. The van der Waals surface area contributed by atoms with Gasteiger partial charge in [0.05, 0.1) is 5.75 Å². The Morgan fingerprint density at radius 1 is 1.25 bits per heavy atom. The average molecular weight is 291 g/mol.